The molecule has 1 saturated heterocycles. The van der Waals surface area contributed by atoms with Crippen molar-refractivity contribution in [3.8, 4) is 0 Å². The lowest BCUT2D eigenvalue weighted by atomic mass is 10.1. The average molecular weight is 532 g/mol. The summed E-state index contributed by atoms with van der Waals surface area (Å²) in [6.45, 7) is 6.93. The van der Waals surface area contributed by atoms with E-state index in [9.17, 15) is 4.39 Å². The highest BCUT2D eigenvalue weighted by molar-refractivity contribution is 14.0. The molecule has 0 saturated carbocycles. The van der Waals surface area contributed by atoms with Crippen molar-refractivity contribution in [2.45, 2.75) is 19.4 Å². The van der Waals surface area contributed by atoms with Gasteiger partial charge in [-0.05, 0) is 48.1 Å². The third-order valence-corrected chi connectivity index (χ3v) is 6.01. The highest BCUT2D eigenvalue weighted by atomic mass is 127. The Morgan fingerprint density at radius 2 is 2.07 bits per heavy atom. The Morgan fingerprint density at radius 1 is 1.28 bits per heavy atom. The van der Waals surface area contributed by atoms with Gasteiger partial charge in [0, 0.05) is 38.1 Å². The maximum absolute atomic E-state index is 13.2. The second kappa shape index (κ2) is 12.5. The number of morpholine rings is 1. The van der Waals surface area contributed by atoms with E-state index >= 15 is 0 Å². The number of halogens is 2. The molecule has 5 nitrogen and oxygen atoms in total. The molecule has 2 aromatic rings. The first-order valence-corrected chi connectivity index (χ1v) is 10.6. The number of rotatable bonds is 7. The van der Waals surface area contributed by atoms with Crippen LogP contribution in [0.4, 0.5) is 4.39 Å². The van der Waals surface area contributed by atoms with Crippen LogP contribution in [0.15, 0.2) is 40.7 Å². The Balaban J connectivity index is 0.00000300. The van der Waals surface area contributed by atoms with Gasteiger partial charge in [0.2, 0.25) is 0 Å². The van der Waals surface area contributed by atoms with Crippen LogP contribution in [0.2, 0.25) is 0 Å². The van der Waals surface area contributed by atoms with E-state index in [0.717, 1.165) is 62.9 Å². The van der Waals surface area contributed by atoms with Crippen LogP contribution in [0.5, 0.6) is 0 Å². The first-order chi connectivity index (χ1) is 13.7. The minimum atomic E-state index is -0.186. The summed E-state index contributed by atoms with van der Waals surface area (Å²) in [5.74, 6) is 0.601. The number of hydrogen-bond acceptors (Lipinski definition) is 4. The second-order valence-electron chi connectivity index (χ2n) is 6.88. The predicted octanol–water partition coefficient (Wildman–Crippen LogP) is 3.59. The number of guanidine groups is 1. The van der Waals surface area contributed by atoms with Crippen LogP contribution in [-0.2, 0) is 11.2 Å². The van der Waals surface area contributed by atoms with E-state index in [-0.39, 0.29) is 29.8 Å². The number of aryl methyl sites for hydroxylation is 1. The fraction of sp³-hybridized carbons (Fsp3) is 0.476. The van der Waals surface area contributed by atoms with E-state index in [2.05, 4.69) is 38.0 Å². The molecular weight excluding hydrogens is 502 g/mol. The summed E-state index contributed by atoms with van der Waals surface area (Å²) in [5.41, 5.74) is 2.13. The van der Waals surface area contributed by atoms with E-state index in [4.69, 9.17) is 4.74 Å². The van der Waals surface area contributed by atoms with Gasteiger partial charge < -0.3 is 15.4 Å². The normalized spacial score (nSPS) is 16.2. The van der Waals surface area contributed by atoms with Crippen LogP contribution >= 0.6 is 35.3 Å². The maximum Gasteiger partial charge on any atom is 0.191 e. The van der Waals surface area contributed by atoms with Crippen molar-refractivity contribution in [3.63, 3.8) is 0 Å². The molecule has 0 spiro atoms. The van der Waals surface area contributed by atoms with Gasteiger partial charge in [0.1, 0.15) is 5.82 Å². The smallest absolute Gasteiger partial charge is 0.191 e. The third-order valence-electron chi connectivity index (χ3n) is 5.04. The number of nitrogens with zero attached hydrogens (tertiary/aromatic N) is 2. The third kappa shape index (κ3) is 7.20. The van der Waals surface area contributed by atoms with Crippen molar-refractivity contribution >= 4 is 41.3 Å². The predicted molar refractivity (Wildman–Crippen MR) is 129 cm³/mol. The Hall–Kier alpha value is -1.23. The summed E-state index contributed by atoms with van der Waals surface area (Å²) >= 11 is 1.79. The molecule has 160 valence electrons. The molecule has 0 radical (unpaired) electrons. The van der Waals surface area contributed by atoms with Crippen molar-refractivity contribution in [2.75, 3.05) is 46.4 Å². The monoisotopic (exact) mass is 532 g/mol. The Morgan fingerprint density at radius 3 is 2.72 bits per heavy atom. The Kier molecular flexibility index (Phi) is 10.3. The molecule has 1 unspecified atom stereocenters. The largest absolute Gasteiger partial charge is 0.379 e. The molecule has 1 aliphatic rings. The molecule has 2 N–H and O–H groups in total. The van der Waals surface area contributed by atoms with Gasteiger partial charge in [0.05, 0.1) is 19.3 Å². The molecule has 2 heterocycles. The van der Waals surface area contributed by atoms with Crippen LogP contribution < -0.4 is 10.6 Å². The number of ether oxygens (including phenoxy) is 1. The van der Waals surface area contributed by atoms with Gasteiger partial charge >= 0.3 is 0 Å². The van der Waals surface area contributed by atoms with Crippen molar-refractivity contribution in [1.82, 2.24) is 15.5 Å². The summed E-state index contributed by atoms with van der Waals surface area (Å²) in [4.78, 5) is 8.17. The zero-order chi connectivity index (χ0) is 19.8. The summed E-state index contributed by atoms with van der Waals surface area (Å²) < 4.78 is 18.8. The number of thiophene rings is 1. The van der Waals surface area contributed by atoms with Crippen molar-refractivity contribution in [2.24, 2.45) is 4.99 Å². The van der Waals surface area contributed by atoms with Gasteiger partial charge in [-0.2, -0.15) is 0 Å². The minimum Gasteiger partial charge on any atom is -0.379 e. The molecule has 0 aliphatic carbocycles. The van der Waals surface area contributed by atoms with Crippen LogP contribution in [0.25, 0.3) is 0 Å². The molecule has 1 atom stereocenters. The Bertz CT molecular complexity index is 766. The summed E-state index contributed by atoms with van der Waals surface area (Å²) in [6, 6.07) is 9.56. The molecule has 0 amide bonds. The summed E-state index contributed by atoms with van der Waals surface area (Å²) in [5, 5.41) is 8.96. The first-order valence-electron chi connectivity index (χ1n) is 9.72. The van der Waals surface area contributed by atoms with Crippen LogP contribution in [0.3, 0.4) is 0 Å². The average Bonchev–Trinajstić information content (AvgIpc) is 3.23. The van der Waals surface area contributed by atoms with Gasteiger partial charge in [0.25, 0.3) is 0 Å². The van der Waals surface area contributed by atoms with Gasteiger partial charge in [-0.1, -0.05) is 12.1 Å². The van der Waals surface area contributed by atoms with E-state index in [1.165, 1.54) is 10.9 Å². The minimum absolute atomic E-state index is 0. The zero-order valence-corrected chi connectivity index (χ0v) is 20.1. The molecule has 8 heteroatoms. The SMILES string of the molecule is CN=C(NCCc1ccc(F)cc1C)NCC(c1cccs1)N1CCOCC1.I. The van der Waals surface area contributed by atoms with Crippen LogP contribution in [0, 0.1) is 12.7 Å². The number of nitrogens with one attached hydrogen (secondary N) is 2. The first kappa shape index (κ1) is 24.0. The lowest BCUT2D eigenvalue weighted by Gasteiger charge is -2.34. The lowest BCUT2D eigenvalue weighted by molar-refractivity contribution is 0.0177. The quantitative estimate of drug-likeness (QED) is 0.325. The van der Waals surface area contributed by atoms with E-state index in [0.29, 0.717) is 6.04 Å². The molecule has 3 rings (SSSR count). The number of hydrogen-bond donors (Lipinski definition) is 2. The molecule has 1 aromatic carbocycles. The molecule has 1 fully saturated rings. The maximum atomic E-state index is 13.2. The van der Waals surface area contributed by atoms with E-state index in [1.807, 2.05) is 13.0 Å². The van der Waals surface area contributed by atoms with Crippen molar-refractivity contribution in [1.29, 1.82) is 0 Å². The number of benzene rings is 1. The van der Waals surface area contributed by atoms with Gasteiger partial charge in [0.15, 0.2) is 5.96 Å². The standard InChI is InChI=1S/C21H29FN4OS.HI/c1-16-14-18(22)6-5-17(16)7-8-24-21(23-2)25-15-19(20-4-3-13-28-20)26-9-11-27-12-10-26;/h3-6,13-14,19H,7-12,15H2,1-2H3,(H2,23,24,25);1H. The number of aliphatic imine (C=N–C) groups is 1. The van der Waals surface area contributed by atoms with Crippen LogP contribution in [-0.4, -0.2) is 57.3 Å². The topological polar surface area (TPSA) is 48.9 Å². The molecule has 29 heavy (non-hydrogen) atoms. The fourth-order valence-electron chi connectivity index (χ4n) is 3.45. The highest BCUT2D eigenvalue weighted by Crippen LogP contribution is 2.25. The van der Waals surface area contributed by atoms with E-state index < -0.39 is 0 Å². The highest BCUT2D eigenvalue weighted by Gasteiger charge is 2.23. The molecular formula is C21H30FIN4OS. The molecule has 1 aliphatic heterocycles. The summed E-state index contributed by atoms with van der Waals surface area (Å²) in [7, 11) is 1.79. The van der Waals surface area contributed by atoms with Crippen LogP contribution in [0.1, 0.15) is 22.0 Å². The molecule has 1 aromatic heterocycles. The summed E-state index contributed by atoms with van der Waals surface area (Å²) in [6.07, 6.45) is 0.824. The second-order valence-corrected chi connectivity index (χ2v) is 7.86. The zero-order valence-electron chi connectivity index (χ0n) is 17.0. The van der Waals surface area contributed by atoms with Gasteiger partial charge in [-0.15, -0.1) is 35.3 Å². The van der Waals surface area contributed by atoms with Crippen molar-refractivity contribution in [3.05, 3.63) is 57.5 Å². The van der Waals surface area contributed by atoms with Gasteiger partial charge in [-0.25, -0.2) is 4.39 Å². The Labute approximate surface area is 193 Å². The van der Waals surface area contributed by atoms with Crippen molar-refractivity contribution < 1.29 is 9.13 Å². The molecule has 0 bridgehead atoms. The van der Waals surface area contributed by atoms with E-state index in [1.54, 1.807) is 24.5 Å². The van der Waals surface area contributed by atoms with Gasteiger partial charge in [-0.3, -0.25) is 9.89 Å². The fourth-order valence-corrected chi connectivity index (χ4v) is 4.31. The lowest BCUT2D eigenvalue weighted by Crippen LogP contribution is -2.46.